The summed E-state index contributed by atoms with van der Waals surface area (Å²) in [7, 11) is 0. The molecule has 0 spiro atoms. The molecular weight excluding hydrogens is 1070 g/mol. The summed E-state index contributed by atoms with van der Waals surface area (Å²) in [5.74, 6) is 0. The minimum atomic E-state index is -0.397. The number of aromatic nitrogens is 3. The molecule has 0 radical (unpaired) electrons. The lowest BCUT2D eigenvalue weighted by Gasteiger charge is -2.26. The van der Waals surface area contributed by atoms with E-state index >= 15 is 0 Å². The van der Waals surface area contributed by atoms with Gasteiger partial charge in [0, 0.05) is 43.7 Å². The highest BCUT2D eigenvalue weighted by Gasteiger charge is 2.31. The Morgan fingerprint density at radius 3 is 1.13 bits per heavy atom. The molecule has 0 fully saturated rings. The van der Waals surface area contributed by atoms with Gasteiger partial charge in [0.05, 0.1) is 45.6 Å². The second kappa shape index (κ2) is 22.9. The first kappa shape index (κ1) is 57.1. The van der Waals surface area contributed by atoms with Crippen molar-refractivity contribution in [1.29, 1.82) is 0 Å². The van der Waals surface area contributed by atoms with Gasteiger partial charge in [0.15, 0.2) is 0 Å². The molecule has 3 heteroatoms. The Balaban J connectivity index is 0.000000216. The van der Waals surface area contributed by atoms with Crippen LogP contribution in [0, 0.1) is 0 Å². The Bertz CT molecular complexity index is 4940. The molecule has 0 unspecified atom stereocenters. The van der Waals surface area contributed by atoms with Crippen LogP contribution in [0.3, 0.4) is 0 Å². The third-order valence-electron chi connectivity index (χ3n) is 17.8. The second-order valence-electron chi connectivity index (χ2n) is 30.4. The summed E-state index contributed by atoms with van der Waals surface area (Å²) in [5.41, 5.74) is 20.9. The first-order valence-electron chi connectivity index (χ1n) is 33.7. The van der Waals surface area contributed by atoms with Crippen LogP contribution in [0.25, 0.3) is 105 Å². The van der Waals surface area contributed by atoms with Crippen LogP contribution in [0.4, 0.5) is 0 Å². The quantitative estimate of drug-likeness (QED) is 0.163. The maximum Gasteiger partial charge on any atom is 0.0629 e. The Hall–Kier alpha value is -8.40. The minimum Gasteiger partial charge on any atom is -0.309 e. The zero-order chi connectivity index (χ0) is 66.3. The fourth-order valence-electron chi connectivity index (χ4n) is 13.2. The molecule has 3 heterocycles. The first-order chi connectivity index (χ1) is 43.1. The van der Waals surface area contributed by atoms with Crippen molar-refractivity contribution in [1.82, 2.24) is 13.7 Å². The molecule has 3 nitrogen and oxygen atoms in total. The van der Waals surface area contributed by atoms with Gasteiger partial charge < -0.3 is 13.7 Å². The van der Waals surface area contributed by atoms with E-state index in [9.17, 15) is 0 Å². The van der Waals surface area contributed by atoms with Crippen molar-refractivity contribution in [2.45, 2.75) is 172 Å². The van der Waals surface area contributed by atoms with Crippen LogP contribution in [-0.4, -0.2) is 13.7 Å². The van der Waals surface area contributed by atoms with Crippen LogP contribution < -0.4 is 0 Å². The van der Waals surface area contributed by atoms with E-state index in [4.69, 9.17) is 6.85 Å². The molecular formula is C86H97N3. The monoisotopic (exact) mass is 1180 g/mol. The highest BCUT2D eigenvalue weighted by Crippen LogP contribution is 2.49. The number of nitrogens with zero attached hydrogens (tertiary/aromatic N) is 3. The predicted octanol–water partition coefficient (Wildman–Crippen LogP) is 25.1. The van der Waals surface area contributed by atoms with Crippen molar-refractivity contribution in [3.63, 3.8) is 0 Å². The first-order valence-corrected chi connectivity index (χ1v) is 31.2. The van der Waals surface area contributed by atoms with Crippen LogP contribution in [0.15, 0.2) is 212 Å². The van der Waals surface area contributed by atoms with Gasteiger partial charge in [-0.3, -0.25) is 0 Å². The van der Waals surface area contributed by atoms with Gasteiger partial charge in [-0.1, -0.05) is 273 Å². The Morgan fingerprint density at radius 1 is 0.292 bits per heavy atom. The molecule has 0 saturated heterocycles. The van der Waals surface area contributed by atoms with E-state index in [1.165, 1.54) is 77.2 Å². The van der Waals surface area contributed by atoms with Gasteiger partial charge in [-0.25, -0.2) is 0 Å². The van der Waals surface area contributed by atoms with Gasteiger partial charge in [0.25, 0.3) is 0 Å². The van der Waals surface area contributed by atoms with E-state index in [0.29, 0.717) is 5.56 Å². The Labute approximate surface area is 540 Å². The summed E-state index contributed by atoms with van der Waals surface area (Å²) >= 11 is 0. The van der Waals surface area contributed by atoms with Crippen LogP contribution in [-0.2, 0) is 32.5 Å². The lowest BCUT2D eigenvalue weighted by atomic mass is 9.78. The largest absolute Gasteiger partial charge is 0.309 e. The van der Waals surface area contributed by atoms with Crippen molar-refractivity contribution < 1.29 is 6.85 Å². The van der Waals surface area contributed by atoms with Crippen LogP contribution in [0.5, 0.6) is 0 Å². The Morgan fingerprint density at radius 2 is 0.697 bits per heavy atom. The molecule has 0 N–H and O–H groups in total. The number of para-hydroxylation sites is 2. The fraction of sp³-hybridized carbons (Fsp3) is 0.302. The van der Waals surface area contributed by atoms with Crippen molar-refractivity contribution in [3.8, 4) is 39.3 Å². The third kappa shape index (κ3) is 11.5. The molecule has 0 aliphatic heterocycles. The van der Waals surface area contributed by atoms with Crippen molar-refractivity contribution in [3.05, 3.63) is 246 Å². The van der Waals surface area contributed by atoms with Gasteiger partial charge >= 0.3 is 0 Å². The summed E-state index contributed by atoms with van der Waals surface area (Å²) < 4.78 is 50.8. The zero-order valence-corrected chi connectivity index (χ0v) is 54.7. The second-order valence-corrected chi connectivity index (χ2v) is 30.4. The summed E-state index contributed by atoms with van der Waals surface area (Å²) in [6.45, 7) is 41.2. The van der Waals surface area contributed by atoms with Crippen LogP contribution in [0.1, 0.15) is 180 Å². The number of fused-ring (bicyclic) bond motifs is 9. The van der Waals surface area contributed by atoms with E-state index < -0.39 is 11.5 Å². The molecule has 0 amide bonds. The highest BCUT2D eigenvalue weighted by atomic mass is 15.0. The summed E-state index contributed by atoms with van der Waals surface area (Å²) in [4.78, 5) is 0. The molecule has 0 aliphatic rings. The summed E-state index contributed by atoms with van der Waals surface area (Å²) in [5, 5.41) is 6.98. The number of hydrogen-bond donors (Lipinski definition) is 0. The SMILES string of the molecule is C.C.CC(C)(C)c1cc(-c2cccc3c2c2c(C(C)(C)C)cccc2n3-c2ccccc2)cc(C(C)(C)C)c1.[2H]c1c([2H])c([2H])c(-c2cccc3c2c2c(C(C)(C)C)c(-n4c5ccc(C(C)(C)C)cc5c5cc(C(C)(C)C)ccc54)ccc2n3-c2ccccc2)c([2H])c1[2H]. The lowest BCUT2D eigenvalue weighted by molar-refractivity contribution is 0.569. The van der Waals surface area contributed by atoms with E-state index in [-0.39, 0.29) is 71.7 Å². The van der Waals surface area contributed by atoms with Gasteiger partial charge in [0.1, 0.15) is 0 Å². The van der Waals surface area contributed by atoms with Gasteiger partial charge in [-0.05, 0) is 167 Å². The van der Waals surface area contributed by atoms with Gasteiger partial charge in [-0.15, -0.1) is 0 Å². The molecule has 0 aliphatic carbocycles. The molecule has 0 bridgehead atoms. The fourth-order valence-corrected chi connectivity index (χ4v) is 13.2. The predicted molar refractivity (Wildman–Crippen MR) is 392 cm³/mol. The van der Waals surface area contributed by atoms with Crippen molar-refractivity contribution in [2.75, 3.05) is 0 Å². The topological polar surface area (TPSA) is 14.8 Å². The Kier molecular flexibility index (Phi) is 14.7. The smallest absolute Gasteiger partial charge is 0.0629 e. The van der Waals surface area contributed by atoms with Crippen LogP contribution in [0.2, 0.25) is 0 Å². The maximum absolute atomic E-state index is 9.08. The third-order valence-corrected chi connectivity index (χ3v) is 17.8. The standard InChI is InChI=1S/C48H48N2.C36H41N.2CH4/c1-46(2,3)32-23-25-38-36(29-32)37-30-33(47(4,5)6)24-26-39(37)50(38)42-28-27-41-44(45(42)48(7,8)9)43-35(31-17-12-10-13-18-31)21-16-22-40(43)49(41)34-19-14-11-15-20-34;1-34(2,3)25-21-24(22-26(23-25)35(4,5)6)28-17-13-19-30-32(28)33-29(36(7,8)9)18-14-20-31(33)37(30)27-15-11-10-12-16-27;;/h10-30H,1-9H3;10-23H,1-9H3;2*1H4/i10D,12D,13D,17D,18D;;;. The van der Waals surface area contributed by atoms with Crippen molar-refractivity contribution in [2.24, 2.45) is 0 Å². The molecule has 13 rings (SSSR count). The zero-order valence-electron chi connectivity index (χ0n) is 59.7. The molecule has 0 saturated carbocycles. The van der Waals surface area contributed by atoms with E-state index in [1.807, 2.05) is 30.3 Å². The van der Waals surface area contributed by atoms with Crippen LogP contribution >= 0.6 is 0 Å². The average Bonchev–Trinajstić information content (AvgIpc) is 1.54. The summed E-state index contributed by atoms with van der Waals surface area (Å²) in [6.07, 6.45) is 0. The molecule has 3 aromatic heterocycles. The molecule has 456 valence electrons. The average molecular weight is 1180 g/mol. The normalized spacial score (nSPS) is 13.4. The van der Waals surface area contributed by atoms with E-state index in [1.54, 1.807) is 0 Å². The van der Waals surface area contributed by atoms with Crippen molar-refractivity contribution >= 4 is 65.4 Å². The highest BCUT2D eigenvalue weighted by molar-refractivity contribution is 6.20. The van der Waals surface area contributed by atoms with Gasteiger partial charge in [-0.2, -0.15) is 0 Å². The lowest BCUT2D eigenvalue weighted by Crippen LogP contribution is -2.16. The molecule has 89 heavy (non-hydrogen) atoms. The molecule has 10 aromatic carbocycles. The van der Waals surface area contributed by atoms with E-state index in [0.717, 1.165) is 49.8 Å². The summed E-state index contributed by atoms with van der Waals surface area (Å²) in [6, 6.07) is 64.6. The maximum atomic E-state index is 9.08. The number of rotatable bonds is 5. The molecule has 13 aromatic rings. The molecule has 0 atom stereocenters. The minimum absolute atomic E-state index is 0. The van der Waals surface area contributed by atoms with E-state index in [2.05, 4.69) is 290 Å². The van der Waals surface area contributed by atoms with Gasteiger partial charge in [0.2, 0.25) is 0 Å². The number of benzene rings is 10. The number of hydrogen-bond acceptors (Lipinski definition) is 0.